The zero-order chi connectivity index (χ0) is 29.6. The molecule has 0 spiro atoms. The van der Waals surface area contributed by atoms with Crippen LogP contribution in [0.3, 0.4) is 0 Å². The van der Waals surface area contributed by atoms with E-state index in [1.165, 1.54) is 11.9 Å². The number of hydrogen-bond acceptors (Lipinski definition) is 7. The molecule has 0 N–H and O–H groups in total. The van der Waals surface area contributed by atoms with Crippen molar-refractivity contribution < 1.29 is 32.6 Å². The van der Waals surface area contributed by atoms with Crippen LogP contribution in [0.5, 0.6) is 5.75 Å². The van der Waals surface area contributed by atoms with Crippen LogP contribution in [0, 0.1) is 0 Å². The standard InChI is InChI=1S/C28H28ClF2N5O5/c1-28(2,3)41-27(39)35-12-11-17-18(29)9-10-21(40-14-19-23(24(30)31)34(4)33-32-19)22(17)20(35)13-36-25(37)15-7-5-6-8-16(15)26(36)38/h5-10,20,24H,11-14H2,1-4H3/t20-/m1/s1. The fourth-order valence-corrected chi connectivity index (χ4v) is 5.40. The maximum Gasteiger partial charge on any atom is 0.410 e. The van der Waals surface area contributed by atoms with Crippen molar-refractivity contribution in [1.82, 2.24) is 24.8 Å². The minimum atomic E-state index is -2.82. The first kappa shape index (κ1) is 28.5. The smallest absolute Gasteiger partial charge is 0.410 e. The van der Waals surface area contributed by atoms with Crippen LogP contribution in [-0.2, 0) is 24.8 Å². The number of carbonyl (C=O) groups is 3. The second-order valence-electron chi connectivity index (χ2n) is 10.8. The van der Waals surface area contributed by atoms with E-state index in [9.17, 15) is 23.2 Å². The highest BCUT2D eigenvalue weighted by molar-refractivity contribution is 6.31. The molecule has 0 bridgehead atoms. The number of alkyl halides is 2. The Balaban J connectivity index is 1.55. The number of fused-ring (bicyclic) bond motifs is 2. The number of benzene rings is 2. The summed E-state index contributed by atoms with van der Waals surface area (Å²) in [6.45, 7) is 4.84. The number of hydrogen-bond donors (Lipinski definition) is 0. The largest absolute Gasteiger partial charge is 0.487 e. The van der Waals surface area contributed by atoms with E-state index in [0.717, 1.165) is 9.58 Å². The maximum absolute atomic E-state index is 13.6. The third kappa shape index (κ3) is 5.35. The van der Waals surface area contributed by atoms with Gasteiger partial charge in [0.25, 0.3) is 18.2 Å². The molecule has 13 heteroatoms. The van der Waals surface area contributed by atoms with E-state index in [2.05, 4.69) is 10.3 Å². The van der Waals surface area contributed by atoms with E-state index < -0.39 is 36.0 Å². The van der Waals surface area contributed by atoms with Gasteiger partial charge in [0.1, 0.15) is 29.3 Å². The number of carbonyl (C=O) groups excluding carboxylic acids is 3. The number of amides is 3. The number of imide groups is 1. The molecule has 0 saturated carbocycles. The van der Waals surface area contributed by atoms with Crippen molar-refractivity contribution in [2.45, 2.75) is 51.9 Å². The summed E-state index contributed by atoms with van der Waals surface area (Å²) in [6.07, 6.45) is -3.14. The van der Waals surface area contributed by atoms with Crippen LogP contribution < -0.4 is 4.74 Å². The molecule has 2 aromatic carbocycles. The van der Waals surface area contributed by atoms with Crippen LogP contribution in [0.2, 0.25) is 5.02 Å². The van der Waals surface area contributed by atoms with Crippen molar-refractivity contribution in [3.8, 4) is 5.75 Å². The molecule has 0 saturated heterocycles. The molecule has 3 amide bonds. The topological polar surface area (TPSA) is 107 Å². The van der Waals surface area contributed by atoms with Crippen molar-refractivity contribution in [1.29, 1.82) is 0 Å². The number of nitrogens with zero attached hydrogens (tertiary/aromatic N) is 5. The van der Waals surface area contributed by atoms with Gasteiger partial charge in [0.05, 0.1) is 23.7 Å². The van der Waals surface area contributed by atoms with Gasteiger partial charge < -0.3 is 9.47 Å². The van der Waals surface area contributed by atoms with Gasteiger partial charge in [-0.05, 0) is 57.0 Å². The zero-order valence-corrected chi connectivity index (χ0v) is 23.6. The van der Waals surface area contributed by atoms with Gasteiger partial charge in [-0.15, -0.1) is 5.10 Å². The van der Waals surface area contributed by atoms with Crippen LogP contribution in [-0.4, -0.2) is 61.4 Å². The lowest BCUT2D eigenvalue weighted by atomic mass is 9.91. The normalized spacial score (nSPS) is 16.7. The van der Waals surface area contributed by atoms with Crippen LogP contribution in [0.25, 0.3) is 0 Å². The number of aryl methyl sites for hydroxylation is 1. The molecule has 1 aromatic heterocycles. The SMILES string of the molecule is Cn1nnc(COc2ccc(Cl)c3c2[C@@H](CN2C(=O)c4ccccc4C2=O)N(C(=O)OC(C)(C)C)CC3)c1C(F)F. The van der Waals surface area contributed by atoms with Crippen molar-refractivity contribution in [2.75, 3.05) is 13.1 Å². The molecule has 2 aliphatic rings. The number of aromatic nitrogens is 3. The zero-order valence-electron chi connectivity index (χ0n) is 22.9. The second kappa shape index (κ2) is 10.7. The van der Waals surface area contributed by atoms with E-state index in [1.54, 1.807) is 57.2 Å². The Bertz CT molecular complexity index is 1500. The first-order chi connectivity index (χ1) is 19.4. The molecule has 41 heavy (non-hydrogen) atoms. The first-order valence-corrected chi connectivity index (χ1v) is 13.3. The van der Waals surface area contributed by atoms with E-state index in [0.29, 0.717) is 22.6 Å². The summed E-state index contributed by atoms with van der Waals surface area (Å²) in [6, 6.07) is 8.76. The molecule has 3 aromatic rings. The molecular formula is C28H28ClF2N5O5. The molecule has 0 aliphatic carbocycles. The highest BCUT2D eigenvalue weighted by Gasteiger charge is 2.43. The molecule has 216 valence electrons. The molecule has 0 unspecified atom stereocenters. The summed E-state index contributed by atoms with van der Waals surface area (Å²) in [5.74, 6) is -0.745. The Morgan fingerprint density at radius 2 is 1.78 bits per heavy atom. The Labute approximate surface area is 239 Å². The van der Waals surface area contributed by atoms with Gasteiger partial charge in [0.15, 0.2) is 0 Å². The molecule has 0 fully saturated rings. The summed E-state index contributed by atoms with van der Waals surface area (Å²) in [4.78, 5) is 42.5. The summed E-state index contributed by atoms with van der Waals surface area (Å²) >= 11 is 6.58. The second-order valence-corrected chi connectivity index (χ2v) is 11.2. The predicted octanol–water partition coefficient (Wildman–Crippen LogP) is 5.12. The lowest BCUT2D eigenvalue weighted by Gasteiger charge is -2.40. The summed E-state index contributed by atoms with van der Waals surface area (Å²) in [5.41, 5.74) is 0.383. The van der Waals surface area contributed by atoms with Crippen LogP contribution in [0.15, 0.2) is 36.4 Å². The Morgan fingerprint density at radius 1 is 1.12 bits per heavy atom. The van der Waals surface area contributed by atoms with Gasteiger partial charge in [-0.2, -0.15) is 0 Å². The molecule has 3 heterocycles. The van der Waals surface area contributed by atoms with Gasteiger partial charge in [0.2, 0.25) is 0 Å². The fourth-order valence-electron chi connectivity index (χ4n) is 5.14. The minimum absolute atomic E-state index is 0.0529. The summed E-state index contributed by atoms with van der Waals surface area (Å²) in [7, 11) is 1.36. The Hall–Kier alpha value is -4.06. The molecule has 10 nitrogen and oxygen atoms in total. The van der Waals surface area contributed by atoms with Gasteiger partial charge >= 0.3 is 6.09 Å². The van der Waals surface area contributed by atoms with Crippen LogP contribution in [0.4, 0.5) is 13.6 Å². The molecular weight excluding hydrogens is 560 g/mol. The van der Waals surface area contributed by atoms with E-state index in [1.807, 2.05) is 0 Å². The van der Waals surface area contributed by atoms with Crippen molar-refractivity contribution in [3.05, 3.63) is 75.1 Å². The average Bonchev–Trinajstić information content (AvgIpc) is 3.40. The van der Waals surface area contributed by atoms with Crippen molar-refractivity contribution in [3.63, 3.8) is 0 Å². The lowest BCUT2D eigenvalue weighted by molar-refractivity contribution is 0.00949. The number of halogens is 3. The summed E-state index contributed by atoms with van der Waals surface area (Å²) in [5, 5.41) is 7.88. The van der Waals surface area contributed by atoms with E-state index in [4.69, 9.17) is 21.1 Å². The monoisotopic (exact) mass is 587 g/mol. The molecule has 0 radical (unpaired) electrons. The highest BCUT2D eigenvalue weighted by atomic mass is 35.5. The van der Waals surface area contributed by atoms with Crippen molar-refractivity contribution >= 4 is 29.5 Å². The fraction of sp³-hybridized carbons (Fsp3) is 0.393. The maximum atomic E-state index is 13.6. The quantitative estimate of drug-likeness (QED) is 0.369. The van der Waals surface area contributed by atoms with Crippen LogP contribution >= 0.6 is 11.6 Å². The molecule has 2 aliphatic heterocycles. The van der Waals surface area contributed by atoms with Gasteiger partial charge in [-0.1, -0.05) is 28.9 Å². The Morgan fingerprint density at radius 3 is 2.39 bits per heavy atom. The Kier molecular flexibility index (Phi) is 7.45. The molecule has 5 rings (SSSR count). The predicted molar refractivity (Wildman–Crippen MR) is 143 cm³/mol. The third-order valence-corrected chi connectivity index (χ3v) is 7.30. The molecule has 1 atom stereocenters. The highest BCUT2D eigenvalue weighted by Crippen LogP contribution is 2.42. The van der Waals surface area contributed by atoms with Crippen LogP contribution in [0.1, 0.15) is 76.5 Å². The van der Waals surface area contributed by atoms with Gasteiger partial charge in [-0.3, -0.25) is 19.4 Å². The third-order valence-electron chi connectivity index (χ3n) is 6.95. The summed E-state index contributed by atoms with van der Waals surface area (Å²) < 4.78 is 39.9. The minimum Gasteiger partial charge on any atom is -0.487 e. The average molecular weight is 588 g/mol. The number of rotatable bonds is 6. The first-order valence-electron chi connectivity index (χ1n) is 12.9. The van der Waals surface area contributed by atoms with Crippen molar-refractivity contribution in [2.24, 2.45) is 7.05 Å². The van der Waals surface area contributed by atoms with E-state index >= 15 is 0 Å². The number of ether oxygens (including phenoxy) is 2. The van der Waals surface area contributed by atoms with E-state index in [-0.39, 0.29) is 48.0 Å². The lowest BCUT2D eigenvalue weighted by Crippen LogP contribution is -2.48. The van der Waals surface area contributed by atoms with Gasteiger partial charge in [0, 0.05) is 24.2 Å². The van der Waals surface area contributed by atoms with Gasteiger partial charge in [-0.25, -0.2) is 18.3 Å².